The molecule has 0 saturated heterocycles. The van der Waals surface area contributed by atoms with E-state index in [2.05, 4.69) is 26.1 Å². The molecule has 1 aromatic rings. The molecule has 4 nitrogen and oxygen atoms in total. The molecular formula is C2H3BrN4. The Balaban J connectivity index is 3.12. The maximum atomic E-state index is 5.18. The van der Waals surface area contributed by atoms with Crippen LogP contribution in [0.15, 0.2) is 11.1 Å². The fourth-order valence-corrected chi connectivity index (χ4v) is 0.412. The molecule has 0 aliphatic rings. The molecule has 1 aromatic heterocycles. The van der Waals surface area contributed by atoms with Crippen molar-refractivity contribution >= 4 is 15.9 Å². The van der Waals surface area contributed by atoms with Gasteiger partial charge in [0, 0.05) is 0 Å². The number of nitrogen functional groups attached to an aromatic ring is 1. The Morgan fingerprint density at radius 2 is 2.57 bits per heavy atom. The fraction of sp³-hybridized carbons (Fsp3) is 0. The summed E-state index contributed by atoms with van der Waals surface area (Å²) in [6, 6.07) is 0. The standard InChI is InChI=1S/C2H3BrN4/c3-2-6-5-1-7(2)4/h1H,4H2. The van der Waals surface area contributed by atoms with Gasteiger partial charge in [0.1, 0.15) is 6.33 Å². The summed E-state index contributed by atoms with van der Waals surface area (Å²) >= 11 is 3.03. The first kappa shape index (κ1) is 4.58. The van der Waals surface area contributed by atoms with Gasteiger partial charge >= 0.3 is 0 Å². The highest BCUT2D eigenvalue weighted by molar-refractivity contribution is 9.10. The summed E-state index contributed by atoms with van der Waals surface area (Å²) in [4.78, 5) is 0. The number of hydrogen-bond acceptors (Lipinski definition) is 3. The van der Waals surface area contributed by atoms with Crippen molar-refractivity contribution in [3.05, 3.63) is 11.1 Å². The van der Waals surface area contributed by atoms with Crippen molar-refractivity contribution in [1.82, 2.24) is 14.9 Å². The molecule has 0 aromatic carbocycles. The predicted octanol–water partition coefficient (Wildman–Crippen LogP) is -0.246. The van der Waals surface area contributed by atoms with E-state index in [1.54, 1.807) is 0 Å². The number of halogens is 1. The first-order valence-corrected chi connectivity index (χ1v) is 2.40. The van der Waals surface area contributed by atoms with Crippen molar-refractivity contribution in [1.29, 1.82) is 0 Å². The Morgan fingerprint density at radius 1 is 1.86 bits per heavy atom. The van der Waals surface area contributed by atoms with E-state index in [9.17, 15) is 0 Å². The van der Waals surface area contributed by atoms with Gasteiger partial charge in [-0.15, -0.1) is 10.2 Å². The summed E-state index contributed by atoms with van der Waals surface area (Å²) in [6.45, 7) is 0. The lowest BCUT2D eigenvalue weighted by Gasteiger charge is -1.83. The van der Waals surface area contributed by atoms with Crippen LogP contribution in [0.5, 0.6) is 0 Å². The maximum absolute atomic E-state index is 5.18. The van der Waals surface area contributed by atoms with Crippen molar-refractivity contribution in [2.24, 2.45) is 0 Å². The van der Waals surface area contributed by atoms with Crippen LogP contribution in [-0.4, -0.2) is 14.9 Å². The molecule has 0 spiro atoms. The number of nitrogens with two attached hydrogens (primary N) is 1. The number of aromatic nitrogens is 3. The molecule has 0 aliphatic heterocycles. The van der Waals surface area contributed by atoms with E-state index in [0.717, 1.165) is 0 Å². The van der Waals surface area contributed by atoms with E-state index in [4.69, 9.17) is 5.84 Å². The molecule has 0 amide bonds. The van der Waals surface area contributed by atoms with Gasteiger partial charge < -0.3 is 5.84 Å². The van der Waals surface area contributed by atoms with Gasteiger partial charge in [0.25, 0.3) is 0 Å². The van der Waals surface area contributed by atoms with Crippen molar-refractivity contribution in [3.8, 4) is 0 Å². The molecule has 38 valence electrons. The van der Waals surface area contributed by atoms with Crippen LogP contribution in [-0.2, 0) is 0 Å². The summed E-state index contributed by atoms with van der Waals surface area (Å²) in [5.74, 6) is 5.18. The summed E-state index contributed by atoms with van der Waals surface area (Å²) in [7, 11) is 0. The second-order valence-electron chi connectivity index (χ2n) is 1.01. The highest BCUT2D eigenvalue weighted by atomic mass is 79.9. The average Bonchev–Trinajstić information content (AvgIpc) is 1.91. The largest absolute Gasteiger partial charge is 0.336 e. The molecule has 1 rings (SSSR count). The van der Waals surface area contributed by atoms with Gasteiger partial charge in [-0.05, 0) is 15.9 Å². The van der Waals surface area contributed by atoms with Gasteiger partial charge in [0.2, 0.25) is 4.73 Å². The average molecular weight is 163 g/mol. The zero-order valence-corrected chi connectivity index (χ0v) is 4.96. The van der Waals surface area contributed by atoms with Crippen LogP contribution < -0.4 is 5.84 Å². The molecule has 0 saturated carbocycles. The van der Waals surface area contributed by atoms with Crippen LogP contribution in [0.4, 0.5) is 0 Å². The second kappa shape index (κ2) is 1.49. The van der Waals surface area contributed by atoms with Gasteiger partial charge in [0.15, 0.2) is 0 Å². The molecule has 0 fully saturated rings. The van der Waals surface area contributed by atoms with Crippen LogP contribution in [0.1, 0.15) is 0 Å². The highest BCUT2D eigenvalue weighted by Crippen LogP contribution is 1.96. The normalized spacial score (nSPS) is 9.29. The Hall–Kier alpha value is -0.580. The summed E-state index contributed by atoms with van der Waals surface area (Å²) in [5, 5.41) is 6.98. The fourth-order valence-electron chi connectivity index (χ4n) is 0.228. The minimum absolute atomic E-state index is 0.535. The number of nitrogens with zero attached hydrogens (tertiary/aromatic N) is 3. The van der Waals surface area contributed by atoms with E-state index in [1.807, 2.05) is 0 Å². The zero-order valence-electron chi connectivity index (χ0n) is 3.37. The molecule has 1 heterocycles. The van der Waals surface area contributed by atoms with Gasteiger partial charge in [-0.2, -0.15) is 0 Å². The van der Waals surface area contributed by atoms with Gasteiger partial charge in [-0.1, -0.05) is 0 Å². The van der Waals surface area contributed by atoms with E-state index in [0.29, 0.717) is 4.73 Å². The smallest absolute Gasteiger partial charge is 0.218 e. The third kappa shape index (κ3) is 0.714. The Kier molecular flexibility index (Phi) is 0.976. The second-order valence-corrected chi connectivity index (χ2v) is 1.72. The van der Waals surface area contributed by atoms with Crippen LogP contribution in [0.25, 0.3) is 0 Å². The molecule has 0 aliphatic carbocycles. The monoisotopic (exact) mass is 162 g/mol. The number of rotatable bonds is 0. The lowest BCUT2D eigenvalue weighted by atomic mass is 11.3. The highest BCUT2D eigenvalue weighted by Gasteiger charge is 1.89. The van der Waals surface area contributed by atoms with Crippen LogP contribution in [0.3, 0.4) is 0 Å². The predicted molar refractivity (Wildman–Crippen MR) is 27.9 cm³/mol. The summed E-state index contributed by atoms with van der Waals surface area (Å²) < 4.78 is 1.81. The minimum atomic E-state index is 0.535. The Labute approximate surface area is 48.4 Å². The van der Waals surface area contributed by atoms with Crippen molar-refractivity contribution in [2.45, 2.75) is 0 Å². The molecule has 2 N–H and O–H groups in total. The Bertz CT molecular complexity index is 142. The molecule has 7 heavy (non-hydrogen) atoms. The quantitative estimate of drug-likeness (QED) is 0.536. The molecule has 5 heteroatoms. The first-order valence-electron chi connectivity index (χ1n) is 1.61. The minimum Gasteiger partial charge on any atom is -0.336 e. The lowest BCUT2D eigenvalue weighted by Crippen LogP contribution is -2.05. The number of hydrogen-bond donors (Lipinski definition) is 1. The first-order chi connectivity index (χ1) is 3.30. The molecule has 0 radical (unpaired) electrons. The van der Waals surface area contributed by atoms with Crippen molar-refractivity contribution in [2.75, 3.05) is 5.84 Å². The van der Waals surface area contributed by atoms with E-state index < -0.39 is 0 Å². The topological polar surface area (TPSA) is 56.7 Å². The third-order valence-corrected chi connectivity index (χ3v) is 1.10. The molecular weight excluding hydrogens is 160 g/mol. The Morgan fingerprint density at radius 3 is 2.71 bits per heavy atom. The van der Waals surface area contributed by atoms with Gasteiger partial charge in [-0.3, -0.25) is 0 Å². The van der Waals surface area contributed by atoms with Crippen LogP contribution in [0, 0.1) is 0 Å². The third-order valence-electron chi connectivity index (χ3n) is 0.529. The maximum Gasteiger partial charge on any atom is 0.218 e. The van der Waals surface area contributed by atoms with Crippen LogP contribution >= 0.6 is 15.9 Å². The van der Waals surface area contributed by atoms with E-state index >= 15 is 0 Å². The molecule has 0 unspecified atom stereocenters. The zero-order chi connectivity index (χ0) is 5.28. The van der Waals surface area contributed by atoms with Gasteiger partial charge in [-0.25, -0.2) is 4.68 Å². The van der Waals surface area contributed by atoms with E-state index in [-0.39, 0.29) is 0 Å². The van der Waals surface area contributed by atoms with Crippen LogP contribution in [0.2, 0.25) is 0 Å². The molecule has 0 atom stereocenters. The van der Waals surface area contributed by atoms with Gasteiger partial charge in [0.05, 0.1) is 0 Å². The molecule has 0 bridgehead atoms. The van der Waals surface area contributed by atoms with Crippen molar-refractivity contribution in [3.63, 3.8) is 0 Å². The summed E-state index contributed by atoms with van der Waals surface area (Å²) in [6.07, 6.45) is 1.41. The van der Waals surface area contributed by atoms with Crippen molar-refractivity contribution < 1.29 is 0 Å². The SMILES string of the molecule is Nn1cnnc1Br. The summed E-state index contributed by atoms with van der Waals surface area (Å²) in [5.41, 5.74) is 0. The van der Waals surface area contributed by atoms with E-state index in [1.165, 1.54) is 11.0 Å². The lowest BCUT2D eigenvalue weighted by molar-refractivity contribution is 0.960.